The summed E-state index contributed by atoms with van der Waals surface area (Å²) in [5, 5.41) is 7.87. The first-order valence-corrected chi connectivity index (χ1v) is 7.57. The van der Waals surface area contributed by atoms with E-state index in [1.54, 1.807) is 23.0 Å². The molecule has 1 amide bonds. The number of halogens is 1. The van der Waals surface area contributed by atoms with E-state index < -0.39 is 5.97 Å². The molecule has 1 aromatic carbocycles. The average molecular weight is 324 g/mol. The molecule has 0 saturated heterocycles. The molecule has 0 unspecified atom stereocenters. The van der Waals surface area contributed by atoms with Crippen LogP contribution in [0.25, 0.3) is 10.9 Å². The molecule has 22 heavy (non-hydrogen) atoms. The van der Waals surface area contributed by atoms with Crippen LogP contribution in [0.5, 0.6) is 0 Å². The number of anilines is 1. The second kappa shape index (κ2) is 7.26. The molecule has 7 heteroatoms. The Morgan fingerprint density at radius 2 is 2.18 bits per heavy atom. The summed E-state index contributed by atoms with van der Waals surface area (Å²) in [5.41, 5.74) is 1.70. The van der Waals surface area contributed by atoms with Crippen molar-refractivity contribution < 1.29 is 14.3 Å². The first-order chi connectivity index (χ1) is 10.6. The third kappa shape index (κ3) is 3.39. The Bertz CT molecular complexity index is 697. The van der Waals surface area contributed by atoms with E-state index in [1.165, 1.54) is 7.11 Å². The van der Waals surface area contributed by atoms with E-state index >= 15 is 0 Å². The quantitative estimate of drug-likeness (QED) is 0.655. The predicted octanol–water partition coefficient (Wildman–Crippen LogP) is 2.80. The molecule has 2 rings (SSSR count). The van der Waals surface area contributed by atoms with Crippen molar-refractivity contribution in [2.45, 2.75) is 26.3 Å². The van der Waals surface area contributed by atoms with Gasteiger partial charge in [0.2, 0.25) is 5.91 Å². The lowest BCUT2D eigenvalue weighted by molar-refractivity contribution is -0.116. The molecule has 0 radical (unpaired) electrons. The number of hydrogen-bond acceptors (Lipinski definition) is 4. The summed E-state index contributed by atoms with van der Waals surface area (Å²) < 4.78 is 6.52. The van der Waals surface area contributed by atoms with E-state index in [9.17, 15) is 9.59 Å². The van der Waals surface area contributed by atoms with Crippen LogP contribution in [0.4, 0.5) is 5.69 Å². The molecule has 0 fully saturated rings. The molecule has 0 aliphatic carbocycles. The zero-order valence-corrected chi connectivity index (χ0v) is 13.3. The third-order valence-electron chi connectivity index (χ3n) is 3.29. The molecule has 0 bridgehead atoms. The molecule has 1 N–H and O–H groups in total. The molecule has 0 saturated carbocycles. The number of carbonyl (C=O) groups is 2. The number of fused-ring (bicyclic) bond motifs is 1. The summed E-state index contributed by atoms with van der Waals surface area (Å²) in [7, 11) is 1.32. The van der Waals surface area contributed by atoms with Gasteiger partial charge in [-0.05, 0) is 25.5 Å². The van der Waals surface area contributed by atoms with Crippen LogP contribution in [-0.2, 0) is 16.1 Å². The van der Waals surface area contributed by atoms with Crippen molar-refractivity contribution >= 4 is 40.1 Å². The minimum Gasteiger partial charge on any atom is -0.465 e. The fraction of sp³-hybridized carbons (Fsp3) is 0.400. The summed E-state index contributed by atoms with van der Waals surface area (Å²) in [5.74, 6) is -0.172. The van der Waals surface area contributed by atoms with Gasteiger partial charge >= 0.3 is 5.97 Å². The lowest BCUT2D eigenvalue weighted by Gasteiger charge is -2.09. The van der Waals surface area contributed by atoms with Crippen molar-refractivity contribution in [3.63, 3.8) is 0 Å². The second-order valence-electron chi connectivity index (χ2n) is 4.75. The molecule has 0 atom stereocenters. The number of methoxy groups -OCH3 is 1. The number of nitrogens with zero attached hydrogens (tertiary/aromatic N) is 2. The molecule has 118 valence electrons. The number of nitrogens with one attached hydrogen (secondary N) is 1. The average Bonchev–Trinajstić information content (AvgIpc) is 2.95. The highest BCUT2D eigenvalue weighted by molar-refractivity contribution is 6.18. The molecular weight excluding hydrogens is 306 g/mol. The molecule has 0 aliphatic rings. The lowest BCUT2D eigenvalue weighted by atomic mass is 10.1. The summed E-state index contributed by atoms with van der Waals surface area (Å²) >= 11 is 5.60. The number of rotatable bonds is 6. The van der Waals surface area contributed by atoms with E-state index in [0.717, 1.165) is 10.9 Å². The van der Waals surface area contributed by atoms with Gasteiger partial charge in [0, 0.05) is 24.2 Å². The minimum absolute atomic E-state index is 0.145. The SMILES string of the molecule is CCn1ncc2c(NC(=O)CCCCl)cc(C(=O)OC)cc21. The molecule has 1 heterocycles. The number of carbonyl (C=O) groups excluding carboxylic acids is 2. The fourth-order valence-corrected chi connectivity index (χ4v) is 2.34. The van der Waals surface area contributed by atoms with E-state index in [2.05, 4.69) is 10.4 Å². The predicted molar refractivity (Wildman–Crippen MR) is 85.3 cm³/mol. The van der Waals surface area contributed by atoms with Crippen molar-refractivity contribution in [2.75, 3.05) is 18.3 Å². The first-order valence-electron chi connectivity index (χ1n) is 7.04. The monoisotopic (exact) mass is 323 g/mol. The van der Waals surface area contributed by atoms with Crippen LogP contribution in [0.3, 0.4) is 0 Å². The summed E-state index contributed by atoms with van der Waals surface area (Å²) in [6.07, 6.45) is 2.61. The number of aromatic nitrogens is 2. The van der Waals surface area contributed by atoms with Crippen molar-refractivity contribution in [1.82, 2.24) is 9.78 Å². The number of aryl methyl sites for hydroxylation is 1. The number of amides is 1. The van der Waals surface area contributed by atoms with Gasteiger partial charge in [0.1, 0.15) is 0 Å². The van der Waals surface area contributed by atoms with Crippen molar-refractivity contribution in [1.29, 1.82) is 0 Å². The Morgan fingerprint density at radius 3 is 2.82 bits per heavy atom. The molecule has 0 spiro atoms. The van der Waals surface area contributed by atoms with E-state index in [1.807, 2.05) is 6.92 Å². The number of alkyl halides is 1. The molecule has 1 aromatic heterocycles. The molecule has 6 nitrogen and oxygen atoms in total. The summed E-state index contributed by atoms with van der Waals surface area (Å²) in [6, 6.07) is 3.32. The van der Waals surface area contributed by atoms with E-state index in [0.29, 0.717) is 36.5 Å². The third-order valence-corrected chi connectivity index (χ3v) is 3.56. The van der Waals surface area contributed by atoms with Gasteiger partial charge in [0.15, 0.2) is 0 Å². The van der Waals surface area contributed by atoms with Crippen molar-refractivity contribution in [3.8, 4) is 0 Å². The highest BCUT2D eigenvalue weighted by atomic mass is 35.5. The number of esters is 1. The number of hydrogen-bond donors (Lipinski definition) is 1. The fourth-order valence-electron chi connectivity index (χ4n) is 2.21. The van der Waals surface area contributed by atoms with Gasteiger partial charge < -0.3 is 10.1 Å². The van der Waals surface area contributed by atoms with E-state index in [-0.39, 0.29) is 5.91 Å². The summed E-state index contributed by atoms with van der Waals surface area (Å²) in [4.78, 5) is 23.7. The lowest BCUT2D eigenvalue weighted by Crippen LogP contribution is -2.12. The van der Waals surface area contributed by atoms with Gasteiger partial charge in [-0.25, -0.2) is 4.79 Å². The Labute approximate surface area is 133 Å². The largest absolute Gasteiger partial charge is 0.465 e. The van der Waals surface area contributed by atoms with Crippen LogP contribution >= 0.6 is 11.6 Å². The van der Waals surface area contributed by atoms with Crippen molar-refractivity contribution in [2.24, 2.45) is 0 Å². The zero-order valence-electron chi connectivity index (χ0n) is 12.6. The van der Waals surface area contributed by atoms with E-state index in [4.69, 9.17) is 16.3 Å². The van der Waals surface area contributed by atoms with Gasteiger partial charge in [-0.2, -0.15) is 5.10 Å². The van der Waals surface area contributed by atoms with Crippen molar-refractivity contribution in [3.05, 3.63) is 23.9 Å². The minimum atomic E-state index is -0.456. The topological polar surface area (TPSA) is 73.2 Å². The Kier molecular flexibility index (Phi) is 5.38. The van der Waals surface area contributed by atoms with Gasteiger partial charge in [0.05, 0.1) is 30.1 Å². The standard InChI is InChI=1S/C15H18ClN3O3/c1-3-19-13-8-10(15(21)22-2)7-12(11(13)9-17-19)18-14(20)5-4-6-16/h7-9H,3-6H2,1-2H3,(H,18,20). The normalized spacial score (nSPS) is 10.7. The molecule has 0 aliphatic heterocycles. The van der Waals surface area contributed by atoms with Gasteiger partial charge in [0.25, 0.3) is 0 Å². The van der Waals surface area contributed by atoms with Gasteiger partial charge in [-0.15, -0.1) is 11.6 Å². The maximum atomic E-state index is 11.9. The van der Waals surface area contributed by atoms with Crippen LogP contribution in [0.2, 0.25) is 0 Å². The Morgan fingerprint density at radius 1 is 1.41 bits per heavy atom. The first kappa shape index (κ1) is 16.3. The van der Waals surface area contributed by atoms with Crippen LogP contribution in [0.15, 0.2) is 18.3 Å². The second-order valence-corrected chi connectivity index (χ2v) is 5.13. The van der Waals surface area contributed by atoms with Crippen LogP contribution < -0.4 is 5.32 Å². The Hall–Kier alpha value is -2.08. The highest BCUT2D eigenvalue weighted by Gasteiger charge is 2.15. The maximum absolute atomic E-state index is 11.9. The van der Waals surface area contributed by atoms with Gasteiger partial charge in [-0.3, -0.25) is 9.48 Å². The summed E-state index contributed by atoms with van der Waals surface area (Å²) in [6.45, 7) is 2.61. The molecular formula is C15H18ClN3O3. The van der Waals surface area contributed by atoms with Crippen LogP contribution in [0, 0.1) is 0 Å². The van der Waals surface area contributed by atoms with Gasteiger partial charge in [-0.1, -0.05) is 0 Å². The maximum Gasteiger partial charge on any atom is 0.338 e. The smallest absolute Gasteiger partial charge is 0.338 e. The number of benzene rings is 1. The molecule has 2 aromatic rings. The Balaban J connectivity index is 2.44. The van der Waals surface area contributed by atoms with Crippen LogP contribution in [0.1, 0.15) is 30.1 Å². The van der Waals surface area contributed by atoms with Crippen LogP contribution in [-0.4, -0.2) is 34.6 Å². The number of ether oxygens (including phenoxy) is 1. The zero-order chi connectivity index (χ0) is 16.1. The highest BCUT2D eigenvalue weighted by Crippen LogP contribution is 2.26.